The molecule has 0 aliphatic carbocycles. The number of rotatable bonds is 5. The van der Waals surface area contributed by atoms with E-state index in [0.717, 1.165) is 26.1 Å². The topological polar surface area (TPSA) is 84.9 Å². The molecular formula is C21H20N2O5S2. The van der Waals surface area contributed by atoms with Crippen LogP contribution in [0.2, 0.25) is 0 Å². The highest BCUT2D eigenvalue weighted by Gasteiger charge is 2.24. The molecule has 1 aromatic heterocycles. The van der Waals surface area contributed by atoms with E-state index < -0.39 is 10.0 Å². The van der Waals surface area contributed by atoms with Gasteiger partial charge < -0.3 is 14.8 Å². The zero-order chi connectivity index (χ0) is 21.5. The first-order chi connectivity index (χ1) is 14.3. The van der Waals surface area contributed by atoms with Crippen LogP contribution in [0.15, 0.2) is 53.4 Å². The highest BCUT2D eigenvalue weighted by atomic mass is 32.2. The Bertz CT molecular complexity index is 1230. The second-order valence-corrected chi connectivity index (χ2v) is 10.1. The molecule has 2 aromatic carbocycles. The van der Waals surface area contributed by atoms with Gasteiger partial charge in [0.1, 0.15) is 18.1 Å². The third kappa shape index (κ3) is 3.55. The first kappa shape index (κ1) is 20.4. The first-order valence-electron chi connectivity index (χ1n) is 9.08. The number of sulfonamides is 1. The van der Waals surface area contributed by atoms with E-state index in [4.69, 9.17) is 9.47 Å². The number of hydrogen-bond donors (Lipinski definition) is 1. The van der Waals surface area contributed by atoms with Crippen molar-refractivity contribution < 1.29 is 22.7 Å². The summed E-state index contributed by atoms with van der Waals surface area (Å²) in [6.07, 6.45) is 0. The minimum absolute atomic E-state index is 0.0661. The lowest BCUT2D eigenvalue weighted by Gasteiger charge is -2.16. The smallest absolute Gasteiger partial charge is 0.265 e. The number of amides is 1. The predicted molar refractivity (Wildman–Crippen MR) is 116 cm³/mol. The Labute approximate surface area is 178 Å². The van der Waals surface area contributed by atoms with Crippen molar-refractivity contribution in [2.24, 2.45) is 0 Å². The predicted octanol–water partition coefficient (Wildman–Crippen LogP) is 3.82. The quantitative estimate of drug-likeness (QED) is 0.647. The Balaban J connectivity index is 1.66. The zero-order valence-electron chi connectivity index (χ0n) is 16.6. The molecule has 9 heteroatoms. The van der Waals surface area contributed by atoms with E-state index in [2.05, 4.69) is 5.32 Å². The van der Waals surface area contributed by atoms with E-state index in [1.807, 2.05) is 24.3 Å². The van der Waals surface area contributed by atoms with Crippen LogP contribution in [-0.2, 0) is 16.6 Å². The van der Waals surface area contributed by atoms with Gasteiger partial charge in [-0.3, -0.25) is 4.79 Å². The fraction of sp³-hybridized carbons (Fsp3) is 0.190. The molecule has 1 amide bonds. The molecule has 0 fully saturated rings. The number of nitrogens with one attached hydrogen (secondary N) is 1. The normalized spacial score (nSPS) is 12.7. The molecule has 0 unspecified atom stereocenters. The number of carbonyl (C=O) groups excluding carboxylic acids is 1. The van der Waals surface area contributed by atoms with Gasteiger partial charge >= 0.3 is 0 Å². The zero-order valence-corrected chi connectivity index (χ0v) is 18.3. The van der Waals surface area contributed by atoms with E-state index in [-0.39, 0.29) is 16.5 Å². The van der Waals surface area contributed by atoms with Crippen LogP contribution in [0, 0.1) is 0 Å². The van der Waals surface area contributed by atoms with Crippen molar-refractivity contribution in [3.8, 4) is 21.9 Å². The van der Waals surface area contributed by atoms with Gasteiger partial charge in [-0.2, -0.15) is 0 Å². The Morgan fingerprint density at radius 1 is 1.17 bits per heavy atom. The Kier molecular flexibility index (Phi) is 5.27. The third-order valence-corrected chi connectivity index (χ3v) is 7.77. The maximum atomic E-state index is 12.9. The highest BCUT2D eigenvalue weighted by Crippen LogP contribution is 2.42. The molecule has 0 atom stereocenters. The maximum absolute atomic E-state index is 12.9. The SMILES string of the molecule is COc1ccc(S(=O)(=O)N(C)C)cc1NC(=O)c1cc2c(s1)-c1ccccc1OC2. The fourth-order valence-electron chi connectivity index (χ4n) is 3.15. The van der Waals surface area contributed by atoms with Crippen LogP contribution in [0.3, 0.4) is 0 Å². The number of para-hydroxylation sites is 1. The number of methoxy groups -OCH3 is 1. The summed E-state index contributed by atoms with van der Waals surface area (Å²) in [5.41, 5.74) is 2.19. The van der Waals surface area contributed by atoms with E-state index in [0.29, 0.717) is 17.2 Å². The summed E-state index contributed by atoms with van der Waals surface area (Å²) >= 11 is 1.37. The van der Waals surface area contributed by atoms with Crippen molar-refractivity contribution in [1.82, 2.24) is 4.31 Å². The summed E-state index contributed by atoms with van der Waals surface area (Å²) in [7, 11) is 0.718. The van der Waals surface area contributed by atoms with Gasteiger partial charge in [-0.25, -0.2) is 12.7 Å². The molecule has 7 nitrogen and oxygen atoms in total. The van der Waals surface area contributed by atoms with Gasteiger partial charge in [0.15, 0.2) is 0 Å². The number of fused-ring (bicyclic) bond motifs is 3. The van der Waals surface area contributed by atoms with Crippen LogP contribution in [0.4, 0.5) is 5.69 Å². The molecule has 0 saturated heterocycles. The average molecular weight is 445 g/mol. The molecule has 1 aliphatic heterocycles. The summed E-state index contributed by atoms with van der Waals surface area (Å²) in [4.78, 5) is 14.5. The molecule has 0 bridgehead atoms. The Morgan fingerprint density at radius 2 is 1.93 bits per heavy atom. The molecule has 0 radical (unpaired) electrons. The van der Waals surface area contributed by atoms with Crippen molar-refractivity contribution in [1.29, 1.82) is 0 Å². The third-order valence-electron chi connectivity index (χ3n) is 4.75. The Hall–Kier alpha value is -2.88. The standard InChI is InChI=1S/C21H20N2O5S2/c1-23(2)30(25,26)14-8-9-18(27-3)16(11-14)22-21(24)19-10-13-12-28-17-7-5-4-6-15(17)20(13)29-19/h4-11H,12H2,1-3H3,(H,22,24). The van der Waals surface area contributed by atoms with Crippen LogP contribution in [-0.4, -0.2) is 39.8 Å². The molecule has 3 aromatic rings. The largest absolute Gasteiger partial charge is 0.495 e. The monoisotopic (exact) mass is 444 g/mol. The molecule has 30 heavy (non-hydrogen) atoms. The number of thiophene rings is 1. The molecule has 4 rings (SSSR count). The van der Waals surface area contributed by atoms with Crippen LogP contribution >= 0.6 is 11.3 Å². The lowest BCUT2D eigenvalue weighted by Crippen LogP contribution is -2.22. The second kappa shape index (κ2) is 7.75. The highest BCUT2D eigenvalue weighted by molar-refractivity contribution is 7.89. The molecule has 0 saturated carbocycles. The van der Waals surface area contributed by atoms with Crippen molar-refractivity contribution in [3.63, 3.8) is 0 Å². The molecule has 156 valence electrons. The molecule has 1 aliphatic rings. The summed E-state index contributed by atoms with van der Waals surface area (Å²) in [5, 5.41) is 2.78. The van der Waals surface area contributed by atoms with E-state index in [1.165, 1.54) is 50.7 Å². The van der Waals surface area contributed by atoms with Crippen LogP contribution in [0.1, 0.15) is 15.2 Å². The Morgan fingerprint density at radius 3 is 2.67 bits per heavy atom. The lowest BCUT2D eigenvalue weighted by molar-refractivity contribution is 0.103. The van der Waals surface area contributed by atoms with E-state index >= 15 is 0 Å². The van der Waals surface area contributed by atoms with Crippen molar-refractivity contribution in [2.45, 2.75) is 11.5 Å². The number of carbonyl (C=O) groups is 1. The first-order valence-corrected chi connectivity index (χ1v) is 11.3. The van der Waals surface area contributed by atoms with Crippen LogP contribution in [0.5, 0.6) is 11.5 Å². The lowest BCUT2D eigenvalue weighted by atomic mass is 10.1. The van der Waals surface area contributed by atoms with Crippen molar-refractivity contribution in [2.75, 3.05) is 26.5 Å². The van der Waals surface area contributed by atoms with E-state index in [1.54, 1.807) is 6.07 Å². The van der Waals surface area contributed by atoms with Crippen LogP contribution < -0.4 is 14.8 Å². The molecule has 2 heterocycles. The van der Waals surface area contributed by atoms with Gasteiger partial charge in [0.2, 0.25) is 10.0 Å². The second-order valence-electron chi connectivity index (χ2n) is 6.85. The van der Waals surface area contributed by atoms with Gasteiger partial charge in [0.05, 0.1) is 22.6 Å². The number of ether oxygens (including phenoxy) is 2. The average Bonchev–Trinajstić information content (AvgIpc) is 3.18. The number of nitrogens with zero attached hydrogens (tertiary/aromatic N) is 1. The number of anilines is 1. The fourth-order valence-corrected chi connectivity index (χ4v) is 5.17. The summed E-state index contributed by atoms with van der Waals surface area (Å²) in [6.45, 7) is 0.399. The maximum Gasteiger partial charge on any atom is 0.265 e. The van der Waals surface area contributed by atoms with Gasteiger partial charge in [0, 0.05) is 30.1 Å². The minimum Gasteiger partial charge on any atom is -0.495 e. The van der Waals surface area contributed by atoms with Crippen molar-refractivity contribution in [3.05, 3.63) is 59.0 Å². The molecule has 1 N–H and O–H groups in total. The van der Waals surface area contributed by atoms with Gasteiger partial charge in [-0.05, 0) is 36.4 Å². The van der Waals surface area contributed by atoms with Gasteiger partial charge in [-0.1, -0.05) is 12.1 Å². The summed E-state index contributed by atoms with van der Waals surface area (Å²) < 4.78 is 37.1. The number of hydrogen-bond acceptors (Lipinski definition) is 6. The van der Waals surface area contributed by atoms with Crippen molar-refractivity contribution >= 4 is 33.0 Å². The minimum atomic E-state index is -3.65. The molecule has 0 spiro atoms. The van der Waals surface area contributed by atoms with Crippen LogP contribution in [0.25, 0.3) is 10.4 Å². The summed E-state index contributed by atoms with van der Waals surface area (Å²) in [5.74, 6) is 0.822. The van der Waals surface area contributed by atoms with E-state index in [9.17, 15) is 13.2 Å². The number of benzene rings is 2. The summed E-state index contributed by atoms with van der Waals surface area (Å²) in [6, 6.07) is 13.9. The van der Waals surface area contributed by atoms with Gasteiger partial charge in [0.25, 0.3) is 5.91 Å². The van der Waals surface area contributed by atoms with Gasteiger partial charge in [-0.15, -0.1) is 11.3 Å². The molecular weight excluding hydrogens is 424 g/mol.